The van der Waals surface area contributed by atoms with E-state index in [4.69, 9.17) is 11.6 Å². The van der Waals surface area contributed by atoms with Crippen LogP contribution in [0.2, 0.25) is 5.28 Å². The third-order valence-corrected chi connectivity index (χ3v) is 2.35. The van der Waals surface area contributed by atoms with Crippen LogP contribution in [0, 0.1) is 0 Å². The number of nitrogens with zero attached hydrogens (tertiary/aromatic N) is 4. The molecule has 0 aromatic carbocycles. The van der Waals surface area contributed by atoms with Crippen LogP contribution in [0.1, 0.15) is 26.5 Å². The third kappa shape index (κ3) is 2.91. The van der Waals surface area contributed by atoms with Crippen LogP contribution in [0.3, 0.4) is 0 Å². The van der Waals surface area contributed by atoms with Crippen LogP contribution in [0.15, 0.2) is 12.4 Å². The van der Waals surface area contributed by atoms with Crippen molar-refractivity contribution in [3.05, 3.63) is 23.4 Å². The minimum Gasteiger partial charge on any atom is -0.307 e. The van der Waals surface area contributed by atoms with Crippen LogP contribution in [0.25, 0.3) is 0 Å². The van der Waals surface area contributed by atoms with Crippen LogP contribution < -0.4 is 5.32 Å². The number of H-pyrrole nitrogens is 1. The van der Waals surface area contributed by atoms with E-state index in [-0.39, 0.29) is 10.7 Å². The van der Waals surface area contributed by atoms with Crippen LogP contribution in [-0.4, -0.2) is 25.1 Å². The molecule has 2 heterocycles. The van der Waals surface area contributed by atoms with Gasteiger partial charge in [0, 0.05) is 17.2 Å². The fraction of sp³-hybridized carbons (Fsp3) is 0.400. The predicted molar refractivity (Wildman–Crippen MR) is 65.4 cm³/mol. The third-order valence-electron chi connectivity index (χ3n) is 2.17. The van der Waals surface area contributed by atoms with E-state index in [1.807, 2.05) is 6.07 Å². The van der Waals surface area contributed by atoms with Gasteiger partial charge in [-0.3, -0.25) is 5.10 Å². The lowest BCUT2D eigenvalue weighted by molar-refractivity contribution is 0.567. The van der Waals surface area contributed by atoms with Gasteiger partial charge in [0.25, 0.3) is 0 Å². The van der Waals surface area contributed by atoms with Crippen molar-refractivity contribution in [3.63, 3.8) is 0 Å². The lowest BCUT2D eigenvalue weighted by Gasteiger charge is -2.14. The summed E-state index contributed by atoms with van der Waals surface area (Å²) in [6.45, 7) is 6.30. The Balaban J connectivity index is 2.17. The zero-order chi connectivity index (χ0) is 12.5. The number of aromatic amines is 1. The molecule has 0 amide bonds. The molecular formula is C10H13ClN6. The van der Waals surface area contributed by atoms with Crippen LogP contribution in [0.5, 0.6) is 0 Å². The van der Waals surface area contributed by atoms with E-state index >= 15 is 0 Å². The summed E-state index contributed by atoms with van der Waals surface area (Å²) in [5, 5.41) is 10.2. The van der Waals surface area contributed by atoms with E-state index in [0.29, 0.717) is 11.8 Å². The Hall–Kier alpha value is -1.69. The van der Waals surface area contributed by atoms with Crippen molar-refractivity contribution in [3.8, 4) is 0 Å². The summed E-state index contributed by atoms with van der Waals surface area (Å²) in [5.41, 5.74) is 1.05. The molecule has 6 nitrogen and oxygen atoms in total. The second-order valence-corrected chi connectivity index (χ2v) is 4.96. The number of hydrogen-bond donors (Lipinski definition) is 2. The monoisotopic (exact) mass is 252 g/mol. The average molecular weight is 253 g/mol. The average Bonchev–Trinajstić information content (AvgIpc) is 2.65. The first kappa shape index (κ1) is 11.8. The second-order valence-electron chi connectivity index (χ2n) is 4.62. The first-order valence-corrected chi connectivity index (χ1v) is 5.50. The molecule has 2 rings (SSSR count). The van der Waals surface area contributed by atoms with Gasteiger partial charge in [-0.25, -0.2) is 9.97 Å². The van der Waals surface area contributed by atoms with Gasteiger partial charge in [-0.05, 0) is 11.6 Å². The Morgan fingerprint density at radius 2 is 2.06 bits per heavy atom. The molecule has 0 bridgehead atoms. The van der Waals surface area contributed by atoms with E-state index < -0.39 is 0 Å². The maximum Gasteiger partial charge on any atom is 0.232 e. The largest absolute Gasteiger partial charge is 0.307 e. The highest BCUT2D eigenvalue weighted by molar-refractivity contribution is 6.28. The van der Waals surface area contributed by atoms with Gasteiger partial charge in [-0.15, -0.1) is 0 Å². The molecule has 0 aliphatic carbocycles. The summed E-state index contributed by atoms with van der Waals surface area (Å²) in [5.74, 6) is 1.02. The fourth-order valence-electron chi connectivity index (χ4n) is 1.22. The zero-order valence-corrected chi connectivity index (χ0v) is 10.6. The number of halogens is 1. The molecule has 0 unspecified atom stereocenters. The van der Waals surface area contributed by atoms with Crippen molar-refractivity contribution in [2.75, 3.05) is 5.32 Å². The molecule has 0 aliphatic rings. The summed E-state index contributed by atoms with van der Waals surface area (Å²) in [6.07, 6.45) is 1.34. The van der Waals surface area contributed by atoms with Gasteiger partial charge < -0.3 is 5.32 Å². The molecule has 0 radical (unpaired) electrons. The van der Waals surface area contributed by atoms with Crippen molar-refractivity contribution >= 4 is 23.4 Å². The van der Waals surface area contributed by atoms with Gasteiger partial charge in [-0.2, -0.15) is 10.1 Å². The first-order chi connectivity index (χ1) is 7.95. The predicted octanol–water partition coefficient (Wildman–Crippen LogP) is 2.29. The van der Waals surface area contributed by atoms with Crippen molar-refractivity contribution in [1.29, 1.82) is 0 Å². The minimum absolute atomic E-state index is 0.0175. The van der Waals surface area contributed by atoms with E-state index in [0.717, 1.165) is 5.69 Å². The zero-order valence-electron chi connectivity index (χ0n) is 9.82. The highest BCUT2D eigenvalue weighted by Gasteiger charge is 2.16. The molecule has 7 heteroatoms. The number of anilines is 2. The molecule has 0 atom stereocenters. The van der Waals surface area contributed by atoms with Crippen molar-refractivity contribution < 1.29 is 0 Å². The molecule has 90 valence electrons. The number of aromatic nitrogens is 5. The number of rotatable bonds is 2. The van der Waals surface area contributed by atoms with Gasteiger partial charge in [0.1, 0.15) is 6.33 Å². The molecule has 0 spiro atoms. The molecular weight excluding hydrogens is 240 g/mol. The van der Waals surface area contributed by atoms with E-state index in [2.05, 4.69) is 51.2 Å². The Kier molecular flexibility index (Phi) is 2.97. The molecule has 2 N–H and O–H groups in total. The first-order valence-electron chi connectivity index (χ1n) is 5.12. The maximum absolute atomic E-state index is 5.66. The molecule has 2 aromatic rings. The smallest absolute Gasteiger partial charge is 0.232 e. The van der Waals surface area contributed by atoms with Gasteiger partial charge in [0.15, 0.2) is 5.82 Å². The summed E-state index contributed by atoms with van der Waals surface area (Å²) < 4.78 is 0. The van der Waals surface area contributed by atoms with Gasteiger partial charge in [-0.1, -0.05) is 20.8 Å². The van der Waals surface area contributed by atoms with Crippen LogP contribution >= 0.6 is 11.6 Å². The Morgan fingerprint density at radius 3 is 2.65 bits per heavy atom. The minimum atomic E-state index is 0.0175. The Morgan fingerprint density at radius 1 is 1.29 bits per heavy atom. The summed E-state index contributed by atoms with van der Waals surface area (Å²) in [4.78, 5) is 11.6. The van der Waals surface area contributed by atoms with Gasteiger partial charge in [0.05, 0.1) is 0 Å². The molecule has 0 aliphatic heterocycles. The standard InChI is InChI=1S/C10H13ClN6/c1-10(2,3)6-4-7(17-16-6)14-9-13-5-12-8(11)15-9/h4-5H,1-3H3,(H2,12,13,14,15,16,17). The number of nitrogens with one attached hydrogen (secondary N) is 2. The highest BCUT2D eigenvalue weighted by atomic mass is 35.5. The normalized spacial score (nSPS) is 11.5. The molecule has 0 fully saturated rings. The van der Waals surface area contributed by atoms with Gasteiger partial charge in [0.2, 0.25) is 11.2 Å². The molecule has 2 aromatic heterocycles. The molecule has 0 saturated carbocycles. The summed E-state index contributed by atoms with van der Waals surface area (Å²) in [7, 11) is 0. The fourth-order valence-corrected chi connectivity index (χ4v) is 1.34. The second kappa shape index (κ2) is 4.29. The Labute approximate surface area is 104 Å². The molecule has 0 saturated heterocycles. The van der Waals surface area contributed by atoms with Crippen molar-refractivity contribution in [1.82, 2.24) is 25.1 Å². The van der Waals surface area contributed by atoms with E-state index in [1.54, 1.807) is 0 Å². The van der Waals surface area contributed by atoms with Crippen molar-refractivity contribution in [2.24, 2.45) is 0 Å². The molecule has 17 heavy (non-hydrogen) atoms. The van der Waals surface area contributed by atoms with E-state index in [1.165, 1.54) is 6.33 Å². The lowest BCUT2D eigenvalue weighted by Crippen LogP contribution is -2.11. The van der Waals surface area contributed by atoms with Crippen LogP contribution in [-0.2, 0) is 5.41 Å². The number of hydrogen-bond acceptors (Lipinski definition) is 5. The van der Waals surface area contributed by atoms with Crippen molar-refractivity contribution in [2.45, 2.75) is 26.2 Å². The lowest BCUT2D eigenvalue weighted by atomic mass is 9.92. The van der Waals surface area contributed by atoms with Crippen LogP contribution in [0.4, 0.5) is 11.8 Å². The maximum atomic E-state index is 5.66. The topological polar surface area (TPSA) is 79.4 Å². The van der Waals surface area contributed by atoms with Gasteiger partial charge >= 0.3 is 0 Å². The highest BCUT2D eigenvalue weighted by Crippen LogP contribution is 2.22. The quantitative estimate of drug-likeness (QED) is 0.857. The SMILES string of the molecule is CC(C)(C)c1cc(Nc2ncnc(Cl)n2)n[nH]1. The summed E-state index contributed by atoms with van der Waals surface area (Å²) in [6, 6.07) is 1.91. The van der Waals surface area contributed by atoms with E-state index in [9.17, 15) is 0 Å². The Bertz CT molecular complexity index is 516. The summed E-state index contributed by atoms with van der Waals surface area (Å²) >= 11 is 5.66.